The summed E-state index contributed by atoms with van der Waals surface area (Å²) in [6, 6.07) is 2.14. The van der Waals surface area contributed by atoms with Gasteiger partial charge in [0.05, 0.1) is 4.47 Å². The second kappa shape index (κ2) is 4.76. The van der Waals surface area contributed by atoms with Crippen LogP contribution in [0.2, 0.25) is 0 Å². The van der Waals surface area contributed by atoms with Crippen LogP contribution in [0.1, 0.15) is 23.1 Å². The van der Waals surface area contributed by atoms with Gasteiger partial charge in [0.1, 0.15) is 5.75 Å². The van der Waals surface area contributed by atoms with Crippen LogP contribution in [0.15, 0.2) is 10.5 Å². The number of phenols is 1. The average molecular weight is 284 g/mol. The Morgan fingerprint density at radius 3 is 2.81 bits per heavy atom. The van der Waals surface area contributed by atoms with Crippen LogP contribution in [0.5, 0.6) is 5.75 Å². The fraction of sp³-hybridized carbons (Fsp3) is 0.538. The van der Waals surface area contributed by atoms with Crippen LogP contribution in [0.4, 0.5) is 0 Å². The topological polar surface area (TPSA) is 32.3 Å². The number of nitrogens with one attached hydrogen (secondary N) is 1. The summed E-state index contributed by atoms with van der Waals surface area (Å²) in [6.07, 6.45) is 2.19. The summed E-state index contributed by atoms with van der Waals surface area (Å²) in [7, 11) is 0. The normalized spacial score (nSPS) is 20.3. The molecule has 1 aromatic carbocycles. The van der Waals surface area contributed by atoms with Crippen molar-refractivity contribution in [3.8, 4) is 5.75 Å². The predicted octanol–water partition coefficient (Wildman–Crippen LogP) is 2.92. The van der Waals surface area contributed by atoms with Gasteiger partial charge in [-0.25, -0.2) is 0 Å². The summed E-state index contributed by atoms with van der Waals surface area (Å²) in [5, 5.41) is 13.5. The van der Waals surface area contributed by atoms with Gasteiger partial charge in [0.15, 0.2) is 0 Å². The summed E-state index contributed by atoms with van der Waals surface area (Å²) >= 11 is 3.45. The van der Waals surface area contributed by atoms with Gasteiger partial charge in [-0.05, 0) is 78.3 Å². The van der Waals surface area contributed by atoms with Crippen molar-refractivity contribution in [2.24, 2.45) is 5.92 Å². The smallest absolute Gasteiger partial charge is 0.133 e. The number of hydrogen-bond donors (Lipinski definition) is 2. The van der Waals surface area contributed by atoms with E-state index in [2.05, 4.69) is 34.2 Å². The molecule has 1 aliphatic rings. The lowest BCUT2D eigenvalue weighted by atomic mass is 9.93. The second-order valence-corrected chi connectivity index (χ2v) is 5.51. The first-order chi connectivity index (χ1) is 7.59. The van der Waals surface area contributed by atoms with Gasteiger partial charge in [-0.1, -0.05) is 6.07 Å². The number of phenolic OH excluding ortho intramolecular Hbond substituents is 1. The average Bonchev–Trinajstić information content (AvgIpc) is 2.74. The second-order valence-electron chi connectivity index (χ2n) is 4.71. The maximum atomic E-state index is 10.2. The third kappa shape index (κ3) is 2.25. The molecule has 1 aromatic rings. The summed E-state index contributed by atoms with van der Waals surface area (Å²) in [5.41, 5.74) is 3.40. The van der Waals surface area contributed by atoms with Gasteiger partial charge in [0.2, 0.25) is 0 Å². The van der Waals surface area contributed by atoms with Crippen LogP contribution in [0.3, 0.4) is 0 Å². The van der Waals surface area contributed by atoms with Crippen LogP contribution in [0.25, 0.3) is 0 Å². The molecule has 0 radical (unpaired) electrons. The lowest BCUT2D eigenvalue weighted by molar-refractivity contribution is 0.454. The summed E-state index contributed by atoms with van der Waals surface area (Å²) in [4.78, 5) is 0. The third-order valence-corrected chi connectivity index (χ3v) is 4.41. The molecule has 3 heteroatoms. The number of rotatable bonds is 2. The van der Waals surface area contributed by atoms with E-state index in [-0.39, 0.29) is 0 Å². The molecule has 0 amide bonds. The Morgan fingerprint density at radius 1 is 1.44 bits per heavy atom. The van der Waals surface area contributed by atoms with Crippen LogP contribution < -0.4 is 5.32 Å². The van der Waals surface area contributed by atoms with Crippen molar-refractivity contribution in [3.63, 3.8) is 0 Å². The van der Waals surface area contributed by atoms with Crippen molar-refractivity contribution in [2.45, 2.75) is 26.7 Å². The first kappa shape index (κ1) is 11.9. The van der Waals surface area contributed by atoms with Gasteiger partial charge in [0.25, 0.3) is 0 Å². The van der Waals surface area contributed by atoms with Gasteiger partial charge < -0.3 is 10.4 Å². The molecule has 1 fully saturated rings. The lowest BCUT2D eigenvalue weighted by Crippen LogP contribution is -2.11. The maximum absolute atomic E-state index is 10.2. The van der Waals surface area contributed by atoms with Crippen LogP contribution in [-0.2, 0) is 6.42 Å². The van der Waals surface area contributed by atoms with E-state index in [4.69, 9.17) is 0 Å². The first-order valence-corrected chi connectivity index (χ1v) is 6.57. The van der Waals surface area contributed by atoms with E-state index >= 15 is 0 Å². The molecule has 1 atom stereocenters. The van der Waals surface area contributed by atoms with Gasteiger partial charge in [0, 0.05) is 0 Å². The molecule has 0 spiro atoms. The molecule has 1 heterocycles. The molecule has 2 rings (SSSR count). The Labute approximate surface area is 105 Å². The molecule has 16 heavy (non-hydrogen) atoms. The minimum Gasteiger partial charge on any atom is -0.506 e. The fourth-order valence-electron chi connectivity index (χ4n) is 2.42. The van der Waals surface area contributed by atoms with Crippen LogP contribution in [0, 0.1) is 19.8 Å². The first-order valence-electron chi connectivity index (χ1n) is 5.78. The molecule has 1 saturated heterocycles. The standard InChI is InChI=1S/C13H18BrNO/c1-8-5-9(2)12(14)13(16)11(8)6-10-3-4-15-7-10/h5,10,15-16H,3-4,6-7H2,1-2H3. The number of halogens is 1. The molecule has 2 N–H and O–H groups in total. The highest BCUT2D eigenvalue weighted by molar-refractivity contribution is 9.10. The summed E-state index contributed by atoms with van der Waals surface area (Å²) < 4.78 is 0.846. The van der Waals surface area contributed by atoms with Crippen molar-refractivity contribution in [2.75, 3.05) is 13.1 Å². The largest absolute Gasteiger partial charge is 0.506 e. The number of benzene rings is 1. The minimum absolute atomic E-state index is 0.435. The zero-order valence-corrected chi connectivity index (χ0v) is 11.4. The summed E-state index contributed by atoms with van der Waals surface area (Å²) in [5.74, 6) is 1.10. The van der Waals surface area contributed by atoms with Crippen molar-refractivity contribution in [1.82, 2.24) is 5.32 Å². The Hall–Kier alpha value is -0.540. The van der Waals surface area contributed by atoms with Crippen molar-refractivity contribution in [3.05, 3.63) is 27.2 Å². The maximum Gasteiger partial charge on any atom is 0.133 e. The molecule has 0 saturated carbocycles. The molecule has 1 aliphatic heterocycles. The van der Waals surface area contributed by atoms with Crippen LogP contribution in [-0.4, -0.2) is 18.2 Å². The quantitative estimate of drug-likeness (QED) is 0.875. The van der Waals surface area contributed by atoms with E-state index in [9.17, 15) is 5.11 Å². The molecule has 2 nitrogen and oxygen atoms in total. The molecular formula is C13H18BrNO. The monoisotopic (exact) mass is 283 g/mol. The number of aryl methyl sites for hydroxylation is 2. The van der Waals surface area contributed by atoms with Gasteiger partial charge in [-0.3, -0.25) is 0 Å². The van der Waals surface area contributed by atoms with E-state index < -0.39 is 0 Å². The van der Waals surface area contributed by atoms with E-state index in [1.165, 1.54) is 12.0 Å². The third-order valence-electron chi connectivity index (χ3n) is 3.40. The highest BCUT2D eigenvalue weighted by Gasteiger charge is 2.19. The predicted molar refractivity (Wildman–Crippen MR) is 70.0 cm³/mol. The molecule has 88 valence electrons. The Balaban J connectivity index is 2.28. The highest BCUT2D eigenvalue weighted by Crippen LogP contribution is 2.35. The van der Waals surface area contributed by atoms with Crippen molar-refractivity contribution >= 4 is 15.9 Å². The fourth-order valence-corrected chi connectivity index (χ4v) is 2.77. The zero-order valence-electron chi connectivity index (χ0n) is 9.81. The van der Waals surface area contributed by atoms with Crippen molar-refractivity contribution in [1.29, 1.82) is 0 Å². The Bertz CT molecular complexity index is 397. The van der Waals surface area contributed by atoms with E-state index in [0.717, 1.165) is 35.1 Å². The molecule has 0 aliphatic carbocycles. The van der Waals surface area contributed by atoms with Gasteiger partial charge in [-0.2, -0.15) is 0 Å². The minimum atomic E-state index is 0.435. The van der Waals surface area contributed by atoms with Gasteiger partial charge in [-0.15, -0.1) is 0 Å². The van der Waals surface area contributed by atoms with E-state index in [1.807, 2.05) is 6.92 Å². The Morgan fingerprint density at radius 2 is 2.19 bits per heavy atom. The van der Waals surface area contributed by atoms with E-state index in [1.54, 1.807) is 0 Å². The van der Waals surface area contributed by atoms with Crippen molar-refractivity contribution < 1.29 is 5.11 Å². The molecular weight excluding hydrogens is 266 g/mol. The summed E-state index contributed by atoms with van der Waals surface area (Å²) in [6.45, 7) is 6.27. The van der Waals surface area contributed by atoms with Gasteiger partial charge >= 0.3 is 0 Å². The molecule has 1 unspecified atom stereocenters. The van der Waals surface area contributed by atoms with Crippen LogP contribution >= 0.6 is 15.9 Å². The number of aromatic hydroxyl groups is 1. The zero-order chi connectivity index (χ0) is 11.7. The molecule has 0 aromatic heterocycles. The Kier molecular flexibility index (Phi) is 3.55. The molecule has 0 bridgehead atoms. The lowest BCUT2D eigenvalue weighted by Gasteiger charge is -2.15. The highest BCUT2D eigenvalue weighted by atomic mass is 79.9. The SMILES string of the molecule is Cc1cc(C)c(CC2CCNC2)c(O)c1Br. The van der Waals surface area contributed by atoms with E-state index in [0.29, 0.717) is 11.7 Å². The number of hydrogen-bond acceptors (Lipinski definition) is 2.